The van der Waals surface area contributed by atoms with Crippen LogP contribution in [0.2, 0.25) is 0 Å². The average Bonchev–Trinajstić information content (AvgIpc) is 3.93. The van der Waals surface area contributed by atoms with Gasteiger partial charge in [0.1, 0.15) is 29.3 Å². The van der Waals surface area contributed by atoms with Gasteiger partial charge in [-0.2, -0.15) is 0 Å². The third-order valence-corrected chi connectivity index (χ3v) is 13.6. The number of amides is 1. The number of benzene rings is 7. The van der Waals surface area contributed by atoms with E-state index < -0.39 is 5.41 Å². The van der Waals surface area contributed by atoms with Crippen molar-refractivity contribution in [3.8, 4) is 50.9 Å². The van der Waals surface area contributed by atoms with Crippen LogP contribution in [-0.4, -0.2) is 47.3 Å². The molecule has 0 spiro atoms. The highest BCUT2D eigenvalue weighted by atomic mass is 32.2. The summed E-state index contributed by atoms with van der Waals surface area (Å²) in [7, 11) is 3.36. The summed E-state index contributed by atoms with van der Waals surface area (Å²) in [5.41, 5.74) is 12.0. The van der Waals surface area contributed by atoms with E-state index in [1.165, 1.54) is 5.56 Å². The Morgan fingerprint density at radius 2 is 1.29 bits per heavy atom. The molecule has 0 aliphatic heterocycles. The highest BCUT2D eigenvalue weighted by Gasteiger charge is 2.50. The van der Waals surface area contributed by atoms with Crippen LogP contribution in [0.3, 0.4) is 0 Å². The van der Waals surface area contributed by atoms with E-state index >= 15 is 4.79 Å². The molecule has 0 radical (unpaired) electrons. The van der Waals surface area contributed by atoms with Crippen molar-refractivity contribution in [2.75, 3.05) is 26.5 Å². The fraction of sp³-hybridized carbons (Fsp3) is 0.207. The van der Waals surface area contributed by atoms with Crippen molar-refractivity contribution in [1.29, 1.82) is 0 Å². The molecule has 9 rings (SSSR count). The Labute approximate surface area is 392 Å². The summed E-state index contributed by atoms with van der Waals surface area (Å²) in [6.45, 7) is 3.40. The quantitative estimate of drug-likeness (QED) is 0.0644. The summed E-state index contributed by atoms with van der Waals surface area (Å²) in [5, 5.41) is 0.889. The molecule has 8 aromatic rings. The van der Waals surface area contributed by atoms with Crippen molar-refractivity contribution in [2.24, 2.45) is 0 Å². The second kappa shape index (κ2) is 20.4. The van der Waals surface area contributed by atoms with E-state index in [0.29, 0.717) is 44.0 Å². The zero-order valence-electron chi connectivity index (χ0n) is 37.8. The lowest BCUT2D eigenvalue weighted by molar-refractivity contribution is -0.136. The van der Waals surface area contributed by atoms with Crippen LogP contribution in [-0.2, 0) is 29.8 Å². The molecular formula is C58H55N3O4S. The normalized spacial score (nSPS) is 12.3. The summed E-state index contributed by atoms with van der Waals surface area (Å²) >= 11 is 1.73. The van der Waals surface area contributed by atoms with Gasteiger partial charge in [-0.25, -0.2) is 4.98 Å². The van der Waals surface area contributed by atoms with Gasteiger partial charge in [0.15, 0.2) is 5.16 Å². The Hall–Kier alpha value is -7.03. The molecule has 1 amide bonds. The molecule has 1 aliphatic carbocycles. The van der Waals surface area contributed by atoms with Gasteiger partial charge >= 0.3 is 0 Å². The Kier molecular flexibility index (Phi) is 13.7. The molecule has 0 atom stereocenters. The number of nitrogens with one attached hydrogen (secondary N) is 1. The van der Waals surface area contributed by atoms with Crippen molar-refractivity contribution < 1.29 is 19.0 Å². The number of aromatic amines is 1. The van der Waals surface area contributed by atoms with Crippen LogP contribution in [0.15, 0.2) is 181 Å². The molecule has 1 N–H and O–H groups in total. The number of thioether (sulfide) groups is 1. The van der Waals surface area contributed by atoms with Crippen molar-refractivity contribution in [2.45, 2.75) is 56.3 Å². The molecular weight excluding hydrogens is 835 g/mol. The molecule has 0 fully saturated rings. The number of imidazole rings is 1. The van der Waals surface area contributed by atoms with Gasteiger partial charge in [0, 0.05) is 41.6 Å². The molecule has 0 saturated carbocycles. The fourth-order valence-corrected chi connectivity index (χ4v) is 10.1. The lowest BCUT2D eigenvalue weighted by Crippen LogP contribution is -2.47. The number of unbranched alkanes of at least 4 members (excludes halogenated alkanes) is 1. The molecule has 0 saturated heterocycles. The van der Waals surface area contributed by atoms with E-state index in [2.05, 4.69) is 150 Å². The zero-order chi connectivity index (χ0) is 45.3. The van der Waals surface area contributed by atoms with Crippen LogP contribution in [0.5, 0.6) is 17.2 Å². The summed E-state index contributed by atoms with van der Waals surface area (Å²) in [6, 6.07) is 60.2. The van der Waals surface area contributed by atoms with Gasteiger partial charge in [-0.3, -0.25) is 4.79 Å². The van der Waals surface area contributed by atoms with Crippen LogP contribution >= 0.6 is 11.8 Å². The third-order valence-electron chi connectivity index (χ3n) is 12.7. The van der Waals surface area contributed by atoms with Crippen molar-refractivity contribution in [3.63, 3.8) is 0 Å². The van der Waals surface area contributed by atoms with Gasteiger partial charge in [0.2, 0.25) is 5.91 Å². The minimum atomic E-state index is -0.895. The van der Waals surface area contributed by atoms with Crippen LogP contribution in [0, 0.1) is 6.92 Å². The van der Waals surface area contributed by atoms with Crippen LogP contribution in [0.25, 0.3) is 33.6 Å². The number of aryl methyl sites for hydroxylation is 1. The summed E-state index contributed by atoms with van der Waals surface area (Å²) < 4.78 is 17.7. The first-order chi connectivity index (χ1) is 32.4. The van der Waals surface area contributed by atoms with Gasteiger partial charge in [-0.05, 0) is 83.8 Å². The minimum Gasteiger partial charge on any atom is -0.497 e. The molecule has 332 valence electrons. The number of aromatic nitrogens is 2. The topological polar surface area (TPSA) is 76.7 Å². The molecule has 1 heterocycles. The molecule has 7 nitrogen and oxygen atoms in total. The smallest absolute Gasteiger partial charge is 0.238 e. The van der Waals surface area contributed by atoms with Crippen molar-refractivity contribution in [3.05, 3.63) is 209 Å². The molecule has 0 unspecified atom stereocenters. The average molecular weight is 890 g/mol. The maximum Gasteiger partial charge on any atom is 0.238 e. The van der Waals surface area contributed by atoms with Crippen LogP contribution in [0.4, 0.5) is 0 Å². The molecule has 1 aliphatic rings. The Balaban J connectivity index is 1.00. The first kappa shape index (κ1) is 44.2. The second-order valence-corrected chi connectivity index (χ2v) is 18.0. The maximum atomic E-state index is 16.1. The maximum absolute atomic E-state index is 16.1. The van der Waals surface area contributed by atoms with Gasteiger partial charge in [0.25, 0.3) is 0 Å². The van der Waals surface area contributed by atoms with Gasteiger partial charge in [-0.1, -0.05) is 169 Å². The second-order valence-electron chi connectivity index (χ2n) is 16.9. The van der Waals surface area contributed by atoms with E-state index in [1.807, 2.05) is 42.5 Å². The predicted molar refractivity (Wildman–Crippen MR) is 267 cm³/mol. The van der Waals surface area contributed by atoms with E-state index in [4.69, 9.17) is 19.2 Å². The summed E-state index contributed by atoms with van der Waals surface area (Å²) in [6.07, 6.45) is 3.06. The first-order valence-corrected chi connectivity index (χ1v) is 23.7. The van der Waals surface area contributed by atoms with E-state index in [-0.39, 0.29) is 5.91 Å². The molecule has 8 heteroatoms. The largest absolute Gasteiger partial charge is 0.497 e. The van der Waals surface area contributed by atoms with E-state index in [1.54, 1.807) is 26.0 Å². The molecule has 66 heavy (non-hydrogen) atoms. The Morgan fingerprint density at radius 3 is 1.95 bits per heavy atom. The number of carbonyl (C=O) groups excluding carboxylic acids is 1. The number of hydrogen-bond donors (Lipinski definition) is 1. The number of carbonyl (C=O) groups is 1. The molecule has 1 aromatic heterocycles. The highest BCUT2D eigenvalue weighted by molar-refractivity contribution is 7.99. The number of fused-ring (bicyclic) bond motifs is 3. The standard InChI is InChI=1S/C58H55N3O4S/c1-41-24-26-43(27-25-41)40-65-48-33-30-46(53(38-48)64-3)39-61(36-34-42-28-31-47(63-2)32-29-42)56(62)58(51-22-12-10-20-49(51)50-21-11-13-23-52(50)58)35-14-15-37-66-57-59-54(44-16-6-4-7-17-44)55(60-57)45-18-8-5-9-19-45/h4-13,16-33,38H,14-15,34-37,39-40H2,1-3H3,(H,59,60). The zero-order valence-corrected chi connectivity index (χ0v) is 38.7. The first-order valence-electron chi connectivity index (χ1n) is 22.7. The monoisotopic (exact) mass is 889 g/mol. The number of rotatable bonds is 19. The van der Waals surface area contributed by atoms with Gasteiger partial charge < -0.3 is 24.1 Å². The molecule has 0 bridgehead atoms. The SMILES string of the molecule is COc1ccc(CCN(Cc2ccc(OCc3ccc(C)cc3)cc2OC)C(=O)C2(CCCCSc3nc(-c4ccccc4)c(-c4ccccc4)[nH]3)c3ccccc3-c3ccccc32)cc1. The molecule has 7 aromatic carbocycles. The third kappa shape index (κ3) is 9.51. The van der Waals surface area contributed by atoms with E-state index in [0.717, 1.165) is 91.0 Å². The minimum absolute atomic E-state index is 0.0915. The Bertz CT molecular complexity index is 2780. The summed E-state index contributed by atoms with van der Waals surface area (Å²) in [5.74, 6) is 3.13. The number of methoxy groups -OCH3 is 2. The lowest BCUT2D eigenvalue weighted by atomic mass is 9.73. The lowest BCUT2D eigenvalue weighted by Gasteiger charge is -2.37. The predicted octanol–water partition coefficient (Wildman–Crippen LogP) is 13.1. The van der Waals surface area contributed by atoms with Gasteiger partial charge in [0.05, 0.1) is 25.6 Å². The van der Waals surface area contributed by atoms with Crippen molar-refractivity contribution >= 4 is 17.7 Å². The van der Waals surface area contributed by atoms with E-state index in [9.17, 15) is 0 Å². The summed E-state index contributed by atoms with van der Waals surface area (Å²) in [4.78, 5) is 26.9. The fourth-order valence-electron chi connectivity index (χ4n) is 9.21. The van der Waals surface area contributed by atoms with Gasteiger partial charge in [-0.15, -0.1) is 0 Å². The van der Waals surface area contributed by atoms with Crippen molar-refractivity contribution in [1.82, 2.24) is 14.9 Å². The van der Waals surface area contributed by atoms with Crippen LogP contribution < -0.4 is 14.2 Å². The number of hydrogen-bond acceptors (Lipinski definition) is 6. The van der Waals surface area contributed by atoms with Crippen LogP contribution in [0.1, 0.15) is 52.6 Å². The number of H-pyrrole nitrogens is 1. The number of nitrogens with zero attached hydrogens (tertiary/aromatic N) is 2. The Morgan fingerprint density at radius 1 is 0.667 bits per heavy atom. The number of ether oxygens (including phenoxy) is 3. The highest BCUT2D eigenvalue weighted by Crippen LogP contribution is 2.53.